The lowest BCUT2D eigenvalue weighted by Gasteiger charge is -2.03. The number of nitrogens with zero attached hydrogens (tertiary/aromatic N) is 2. The third-order valence-electron chi connectivity index (χ3n) is 2.26. The van der Waals surface area contributed by atoms with Gasteiger partial charge in [-0.25, -0.2) is 0 Å². The molecule has 7 heteroatoms. The Balaban J connectivity index is 2.45. The molecule has 0 saturated carbocycles. The van der Waals surface area contributed by atoms with Gasteiger partial charge in [0.2, 0.25) is 0 Å². The van der Waals surface area contributed by atoms with Gasteiger partial charge in [-0.05, 0) is 24.3 Å². The molecule has 98 valence electrons. The van der Waals surface area contributed by atoms with E-state index >= 15 is 0 Å². The lowest BCUT2D eigenvalue weighted by Crippen LogP contribution is -2.17. The van der Waals surface area contributed by atoms with Gasteiger partial charge in [0.25, 0.3) is 10.0 Å². The summed E-state index contributed by atoms with van der Waals surface area (Å²) in [4.78, 5) is 3.84. The fourth-order valence-corrected chi connectivity index (χ4v) is 2.84. The maximum absolute atomic E-state index is 12.1. The smallest absolute Gasteiger partial charge is 0.285 e. The number of amidine groups is 1. The lowest BCUT2D eigenvalue weighted by molar-refractivity contribution is 0.598. The van der Waals surface area contributed by atoms with Crippen molar-refractivity contribution in [3.8, 4) is 0 Å². The molecule has 0 bridgehead atoms. The maximum atomic E-state index is 12.1. The van der Waals surface area contributed by atoms with Crippen molar-refractivity contribution in [1.82, 2.24) is 4.98 Å². The molecule has 0 atom stereocenters. The quantitative estimate of drug-likeness (QED) is 0.691. The van der Waals surface area contributed by atoms with Crippen LogP contribution in [0.25, 0.3) is 0 Å². The van der Waals surface area contributed by atoms with Crippen LogP contribution in [0.5, 0.6) is 0 Å². The fraction of sp³-hybridized carbons (Fsp3) is 0. The summed E-state index contributed by atoms with van der Waals surface area (Å²) < 4.78 is 27.6. The largest absolute Gasteiger partial charge is 0.381 e. The van der Waals surface area contributed by atoms with Crippen molar-refractivity contribution in [2.24, 2.45) is 10.1 Å². The van der Waals surface area contributed by atoms with Gasteiger partial charge in [0.1, 0.15) is 10.6 Å². The first-order chi connectivity index (χ1) is 9.00. The van der Waals surface area contributed by atoms with E-state index in [-0.39, 0.29) is 21.4 Å². The number of halogens is 1. The third-order valence-corrected chi connectivity index (χ3v) is 4.05. The molecule has 0 spiro atoms. The van der Waals surface area contributed by atoms with E-state index in [2.05, 4.69) is 9.38 Å². The summed E-state index contributed by atoms with van der Waals surface area (Å²) in [6, 6.07) is 11.0. The van der Waals surface area contributed by atoms with Crippen molar-refractivity contribution < 1.29 is 8.42 Å². The Morgan fingerprint density at radius 1 is 1.16 bits per heavy atom. The van der Waals surface area contributed by atoms with Crippen LogP contribution in [-0.2, 0) is 10.0 Å². The van der Waals surface area contributed by atoms with Crippen LogP contribution < -0.4 is 5.73 Å². The van der Waals surface area contributed by atoms with Crippen LogP contribution >= 0.6 is 11.6 Å². The first-order valence-corrected chi connectivity index (χ1v) is 7.09. The van der Waals surface area contributed by atoms with Gasteiger partial charge >= 0.3 is 0 Å². The molecule has 0 saturated heterocycles. The highest BCUT2D eigenvalue weighted by Crippen LogP contribution is 2.22. The van der Waals surface area contributed by atoms with Crippen LogP contribution in [0.3, 0.4) is 0 Å². The summed E-state index contributed by atoms with van der Waals surface area (Å²) in [5.74, 6) is -0.180. The molecule has 1 heterocycles. The molecule has 0 aliphatic heterocycles. The average Bonchev–Trinajstić information content (AvgIpc) is 2.39. The molecule has 0 aliphatic carbocycles. The monoisotopic (exact) mass is 295 g/mol. The van der Waals surface area contributed by atoms with Crippen LogP contribution in [-0.4, -0.2) is 19.2 Å². The number of hydrogen-bond donors (Lipinski definition) is 1. The van der Waals surface area contributed by atoms with Crippen molar-refractivity contribution in [3.05, 3.63) is 59.4 Å². The second kappa shape index (κ2) is 5.38. The SMILES string of the molecule is NC(=NS(=O)(=O)c1ccccc1Cl)c1ccccn1. The summed E-state index contributed by atoms with van der Waals surface area (Å²) in [5.41, 5.74) is 5.92. The number of benzene rings is 1. The van der Waals surface area contributed by atoms with Crippen LogP contribution in [0.4, 0.5) is 0 Å². The molecule has 19 heavy (non-hydrogen) atoms. The van der Waals surface area contributed by atoms with Crippen LogP contribution in [0, 0.1) is 0 Å². The van der Waals surface area contributed by atoms with E-state index in [1.54, 1.807) is 30.3 Å². The Morgan fingerprint density at radius 2 is 1.84 bits per heavy atom. The molecule has 0 fully saturated rings. The molecule has 0 radical (unpaired) electrons. The minimum atomic E-state index is -3.95. The van der Waals surface area contributed by atoms with E-state index in [1.165, 1.54) is 18.3 Å². The number of hydrogen-bond acceptors (Lipinski definition) is 3. The first kappa shape index (κ1) is 13.5. The summed E-state index contributed by atoms with van der Waals surface area (Å²) in [7, 11) is -3.95. The highest BCUT2D eigenvalue weighted by atomic mass is 35.5. The zero-order valence-corrected chi connectivity index (χ0v) is 11.3. The number of rotatable bonds is 3. The van der Waals surface area contributed by atoms with Gasteiger partial charge < -0.3 is 5.73 Å². The predicted octanol–water partition coefficient (Wildman–Crippen LogP) is 1.83. The number of pyridine rings is 1. The van der Waals surface area contributed by atoms with Gasteiger partial charge in [-0.2, -0.15) is 8.42 Å². The van der Waals surface area contributed by atoms with E-state index in [0.29, 0.717) is 0 Å². The zero-order chi connectivity index (χ0) is 13.9. The molecular weight excluding hydrogens is 286 g/mol. The Morgan fingerprint density at radius 3 is 2.47 bits per heavy atom. The number of sulfonamides is 1. The second-order valence-electron chi connectivity index (χ2n) is 3.60. The van der Waals surface area contributed by atoms with Gasteiger partial charge in [0.05, 0.1) is 5.02 Å². The minimum Gasteiger partial charge on any atom is -0.381 e. The van der Waals surface area contributed by atoms with Gasteiger partial charge in [-0.1, -0.05) is 29.8 Å². The molecule has 2 N–H and O–H groups in total. The highest BCUT2D eigenvalue weighted by molar-refractivity contribution is 7.90. The normalized spacial score (nSPS) is 12.4. The van der Waals surface area contributed by atoms with Crippen molar-refractivity contribution in [1.29, 1.82) is 0 Å². The average molecular weight is 296 g/mol. The molecule has 2 rings (SSSR count). The molecule has 0 amide bonds. The molecule has 5 nitrogen and oxygen atoms in total. The number of aromatic nitrogens is 1. The van der Waals surface area contributed by atoms with Crippen molar-refractivity contribution in [2.75, 3.05) is 0 Å². The minimum absolute atomic E-state index is 0.0875. The molecule has 0 unspecified atom stereocenters. The molecule has 1 aromatic carbocycles. The van der Waals surface area contributed by atoms with Crippen molar-refractivity contribution >= 4 is 27.5 Å². The van der Waals surface area contributed by atoms with Crippen molar-refractivity contribution in [3.63, 3.8) is 0 Å². The van der Waals surface area contributed by atoms with Crippen LogP contribution in [0.2, 0.25) is 5.02 Å². The summed E-state index contributed by atoms with van der Waals surface area (Å²) in [6.07, 6.45) is 1.50. The summed E-state index contributed by atoms with van der Waals surface area (Å²) in [6.45, 7) is 0. The zero-order valence-electron chi connectivity index (χ0n) is 9.69. The Labute approximate surface area is 115 Å². The van der Waals surface area contributed by atoms with Crippen LogP contribution in [0.1, 0.15) is 5.69 Å². The first-order valence-electron chi connectivity index (χ1n) is 5.27. The van der Waals surface area contributed by atoms with Crippen LogP contribution in [0.15, 0.2) is 58.0 Å². The molecule has 0 aliphatic rings. The molecule has 2 aromatic rings. The van der Waals surface area contributed by atoms with Gasteiger partial charge in [-0.15, -0.1) is 4.40 Å². The van der Waals surface area contributed by atoms with E-state index in [1.807, 2.05) is 0 Å². The van der Waals surface area contributed by atoms with E-state index in [4.69, 9.17) is 17.3 Å². The standard InChI is InChI=1S/C12H10ClN3O2S/c13-9-5-1-2-7-11(9)19(17,18)16-12(14)10-6-3-4-8-15-10/h1-8H,(H2,14,16). The fourth-order valence-electron chi connectivity index (χ4n) is 1.39. The Hall–Kier alpha value is -1.92. The van der Waals surface area contributed by atoms with E-state index < -0.39 is 10.0 Å². The predicted molar refractivity (Wildman–Crippen MR) is 73.6 cm³/mol. The molecule has 1 aromatic heterocycles. The Kier molecular flexibility index (Phi) is 3.82. The summed E-state index contributed by atoms with van der Waals surface area (Å²) in [5, 5.41) is 0.0973. The van der Waals surface area contributed by atoms with Gasteiger partial charge in [0, 0.05) is 6.20 Å². The van der Waals surface area contributed by atoms with Gasteiger partial charge in [-0.3, -0.25) is 4.98 Å². The second-order valence-corrected chi connectivity index (χ2v) is 5.58. The van der Waals surface area contributed by atoms with Crippen molar-refractivity contribution in [2.45, 2.75) is 4.90 Å². The number of nitrogens with two attached hydrogens (primary N) is 1. The highest BCUT2D eigenvalue weighted by Gasteiger charge is 2.17. The van der Waals surface area contributed by atoms with Gasteiger partial charge in [0.15, 0.2) is 5.84 Å². The lowest BCUT2D eigenvalue weighted by atomic mass is 10.3. The maximum Gasteiger partial charge on any atom is 0.285 e. The van der Waals surface area contributed by atoms with E-state index in [0.717, 1.165) is 0 Å². The topological polar surface area (TPSA) is 85.4 Å². The summed E-state index contributed by atoms with van der Waals surface area (Å²) >= 11 is 5.83. The van der Waals surface area contributed by atoms with E-state index in [9.17, 15) is 8.42 Å². The third kappa shape index (κ3) is 3.10. The Bertz CT molecular complexity index is 715. The molecular formula is C12H10ClN3O2S.